The molecule has 0 radical (unpaired) electrons. The van der Waals surface area contributed by atoms with Crippen molar-refractivity contribution in [2.75, 3.05) is 18.8 Å². The Morgan fingerprint density at radius 3 is 2.80 bits per heavy atom. The van der Waals surface area contributed by atoms with Crippen LogP contribution >= 0.6 is 15.9 Å². The van der Waals surface area contributed by atoms with E-state index in [0.29, 0.717) is 4.47 Å². The number of sulfonamides is 1. The minimum Gasteiger partial charge on any atom is -0.383 e. The van der Waals surface area contributed by atoms with Gasteiger partial charge in [0.05, 0.1) is 0 Å². The van der Waals surface area contributed by atoms with E-state index >= 15 is 0 Å². The number of nitrogens with zero attached hydrogens (tertiary/aromatic N) is 1. The lowest BCUT2D eigenvalue weighted by molar-refractivity contribution is 0.582. The molecule has 1 aromatic rings. The highest BCUT2D eigenvalue weighted by atomic mass is 79.9. The minimum absolute atomic E-state index is 0.0391. The molecule has 0 bridgehead atoms. The first kappa shape index (κ1) is 12.4. The summed E-state index contributed by atoms with van der Waals surface area (Å²) in [5.74, 6) is -0.0391. The van der Waals surface area contributed by atoms with Gasteiger partial charge in [0.15, 0.2) is 0 Å². The second-order valence-corrected chi connectivity index (χ2v) is 5.37. The van der Waals surface area contributed by atoms with Gasteiger partial charge >= 0.3 is 0 Å². The lowest BCUT2D eigenvalue weighted by Gasteiger charge is -2.07. The number of halogens is 1. The Morgan fingerprint density at radius 1 is 1.53 bits per heavy atom. The molecule has 0 saturated carbocycles. The molecule has 84 valence electrons. The van der Waals surface area contributed by atoms with Crippen molar-refractivity contribution >= 4 is 31.8 Å². The van der Waals surface area contributed by atoms with E-state index in [2.05, 4.69) is 25.6 Å². The molecule has 8 heteroatoms. The number of nitrogen functional groups attached to an aromatic ring is 1. The molecule has 0 unspecified atom stereocenters. The summed E-state index contributed by atoms with van der Waals surface area (Å²) in [6.45, 7) is 0.384. The van der Waals surface area contributed by atoms with Crippen LogP contribution in [0.15, 0.2) is 21.6 Å². The SMILES string of the molecule is NCCNS(=O)(=O)c1cc(Br)cnc1N. The van der Waals surface area contributed by atoms with E-state index in [4.69, 9.17) is 11.5 Å². The number of hydrogen-bond donors (Lipinski definition) is 3. The summed E-state index contributed by atoms with van der Waals surface area (Å²) in [6.07, 6.45) is 1.43. The van der Waals surface area contributed by atoms with Gasteiger partial charge in [0.2, 0.25) is 10.0 Å². The molecule has 5 N–H and O–H groups in total. The summed E-state index contributed by atoms with van der Waals surface area (Å²) in [7, 11) is -3.62. The monoisotopic (exact) mass is 294 g/mol. The maximum atomic E-state index is 11.7. The number of nitrogens with two attached hydrogens (primary N) is 2. The van der Waals surface area contributed by atoms with Gasteiger partial charge in [-0.25, -0.2) is 18.1 Å². The molecule has 0 fully saturated rings. The molecular formula is C7H11BrN4O2S. The molecule has 0 aliphatic rings. The third-order valence-corrected chi connectivity index (χ3v) is 3.50. The van der Waals surface area contributed by atoms with Crippen molar-refractivity contribution in [3.05, 3.63) is 16.7 Å². The third kappa shape index (κ3) is 3.13. The van der Waals surface area contributed by atoms with Crippen LogP contribution in [0, 0.1) is 0 Å². The van der Waals surface area contributed by atoms with Crippen LogP contribution in [0.1, 0.15) is 0 Å². The molecule has 0 amide bonds. The Morgan fingerprint density at radius 2 is 2.20 bits per heavy atom. The lowest BCUT2D eigenvalue weighted by Crippen LogP contribution is -2.29. The maximum absolute atomic E-state index is 11.7. The largest absolute Gasteiger partial charge is 0.383 e. The smallest absolute Gasteiger partial charge is 0.244 e. The van der Waals surface area contributed by atoms with E-state index < -0.39 is 10.0 Å². The quantitative estimate of drug-likeness (QED) is 0.704. The van der Waals surface area contributed by atoms with Gasteiger partial charge < -0.3 is 11.5 Å². The third-order valence-electron chi connectivity index (χ3n) is 1.57. The summed E-state index contributed by atoms with van der Waals surface area (Å²) in [5, 5.41) is 0. The van der Waals surface area contributed by atoms with Crippen LogP contribution in [0.25, 0.3) is 0 Å². The van der Waals surface area contributed by atoms with E-state index in [-0.39, 0.29) is 23.8 Å². The standard InChI is InChI=1S/C7H11BrN4O2S/c8-5-3-6(7(10)11-4-5)15(13,14)12-2-1-9/h3-4,12H,1-2,9H2,(H2,10,11). The minimum atomic E-state index is -3.62. The predicted octanol–water partition coefficient (Wildman–Crippen LogP) is -0.337. The van der Waals surface area contributed by atoms with E-state index in [9.17, 15) is 8.42 Å². The number of hydrogen-bond acceptors (Lipinski definition) is 5. The maximum Gasteiger partial charge on any atom is 0.244 e. The first-order valence-electron chi connectivity index (χ1n) is 4.08. The van der Waals surface area contributed by atoms with Gasteiger partial charge in [-0.3, -0.25) is 0 Å². The molecule has 1 aromatic heterocycles. The van der Waals surface area contributed by atoms with Crippen LogP contribution in [0.3, 0.4) is 0 Å². The topological polar surface area (TPSA) is 111 Å². The van der Waals surface area contributed by atoms with E-state index in [0.717, 1.165) is 0 Å². The normalized spacial score (nSPS) is 11.6. The molecule has 1 heterocycles. The average Bonchev–Trinajstić information content (AvgIpc) is 2.18. The van der Waals surface area contributed by atoms with E-state index in [1.54, 1.807) is 0 Å². The molecule has 0 aliphatic carbocycles. The molecule has 0 atom stereocenters. The Bertz CT molecular complexity index is 448. The zero-order valence-electron chi connectivity index (χ0n) is 7.77. The summed E-state index contributed by atoms with van der Waals surface area (Å²) < 4.78 is 26.2. The highest BCUT2D eigenvalue weighted by molar-refractivity contribution is 9.10. The highest BCUT2D eigenvalue weighted by Gasteiger charge is 2.17. The van der Waals surface area contributed by atoms with Crippen LogP contribution in [0.5, 0.6) is 0 Å². The lowest BCUT2D eigenvalue weighted by atomic mass is 10.5. The number of anilines is 1. The van der Waals surface area contributed by atoms with Crippen molar-refractivity contribution in [2.45, 2.75) is 4.90 Å². The zero-order valence-corrected chi connectivity index (χ0v) is 10.2. The molecule has 0 aliphatic heterocycles. The van der Waals surface area contributed by atoms with Gasteiger partial charge in [-0.1, -0.05) is 0 Å². The average molecular weight is 295 g/mol. The predicted molar refractivity (Wildman–Crippen MR) is 60.6 cm³/mol. The van der Waals surface area contributed by atoms with Gasteiger partial charge in [-0.15, -0.1) is 0 Å². The molecule has 1 rings (SSSR count). The summed E-state index contributed by atoms with van der Waals surface area (Å²) in [5.41, 5.74) is 10.7. The highest BCUT2D eigenvalue weighted by Crippen LogP contribution is 2.19. The molecule has 0 spiro atoms. The molecule has 6 nitrogen and oxygen atoms in total. The van der Waals surface area contributed by atoms with Crippen molar-refractivity contribution < 1.29 is 8.42 Å². The van der Waals surface area contributed by atoms with Gasteiger partial charge in [0.25, 0.3) is 0 Å². The Balaban J connectivity index is 3.09. The first-order chi connectivity index (χ1) is 6.97. The number of pyridine rings is 1. The fourth-order valence-corrected chi connectivity index (χ4v) is 2.55. The van der Waals surface area contributed by atoms with Gasteiger partial charge in [0.1, 0.15) is 10.7 Å². The molecular weight excluding hydrogens is 284 g/mol. The second kappa shape index (κ2) is 4.88. The Hall–Kier alpha value is -0.700. The van der Waals surface area contributed by atoms with Crippen molar-refractivity contribution in [3.63, 3.8) is 0 Å². The van der Waals surface area contributed by atoms with Gasteiger partial charge in [0, 0.05) is 23.8 Å². The van der Waals surface area contributed by atoms with Crippen molar-refractivity contribution in [1.29, 1.82) is 0 Å². The van der Waals surface area contributed by atoms with Crippen molar-refractivity contribution in [2.24, 2.45) is 5.73 Å². The molecule has 0 aromatic carbocycles. The summed E-state index contributed by atoms with van der Waals surface area (Å²) in [4.78, 5) is 3.68. The Kier molecular flexibility index (Phi) is 4.03. The number of aromatic nitrogens is 1. The zero-order chi connectivity index (χ0) is 11.5. The number of rotatable bonds is 4. The van der Waals surface area contributed by atoms with Crippen molar-refractivity contribution in [3.8, 4) is 0 Å². The Labute approximate surface area is 96.2 Å². The fraction of sp³-hybridized carbons (Fsp3) is 0.286. The van der Waals surface area contributed by atoms with E-state index in [1.807, 2.05) is 0 Å². The van der Waals surface area contributed by atoms with Crippen LogP contribution < -0.4 is 16.2 Å². The first-order valence-corrected chi connectivity index (χ1v) is 6.36. The summed E-state index contributed by atoms with van der Waals surface area (Å²) in [6, 6.07) is 1.39. The van der Waals surface area contributed by atoms with Crippen molar-refractivity contribution in [1.82, 2.24) is 9.71 Å². The van der Waals surface area contributed by atoms with Crippen LogP contribution in [0.4, 0.5) is 5.82 Å². The summed E-state index contributed by atoms with van der Waals surface area (Å²) >= 11 is 3.12. The molecule has 0 saturated heterocycles. The van der Waals surface area contributed by atoms with Crippen LogP contribution in [0.2, 0.25) is 0 Å². The second-order valence-electron chi connectivity index (χ2n) is 2.72. The van der Waals surface area contributed by atoms with E-state index in [1.165, 1.54) is 12.3 Å². The van der Waals surface area contributed by atoms with Crippen LogP contribution in [-0.4, -0.2) is 26.5 Å². The fourth-order valence-electron chi connectivity index (χ4n) is 0.918. The van der Waals surface area contributed by atoms with Gasteiger partial charge in [-0.2, -0.15) is 0 Å². The number of nitrogens with one attached hydrogen (secondary N) is 1. The molecule has 15 heavy (non-hydrogen) atoms. The van der Waals surface area contributed by atoms with Crippen LogP contribution in [-0.2, 0) is 10.0 Å². The van der Waals surface area contributed by atoms with Gasteiger partial charge in [-0.05, 0) is 22.0 Å².